The van der Waals surface area contributed by atoms with E-state index in [4.69, 9.17) is 13.9 Å². The van der Waals surface area contributed by atoms with Crippen molar-refractivity contribution >= 4 is 17.0 Å². The standard InChI is InChI=1S/C21H18O4/c1-21(2)11-10-16-18(25-21)9-8-15-17(22)12-19(24-20(15)16)13-4-6-14(23-3)7-5-13/h4-12H,1-3H3. The molecule has 0 spiro atoms. The van der Waals surface area contributed by atoms with Gasteiger partial charge in [0.05, 0.1) is 18.1 Å². The predicted octanol–water partition coefficient (Wildman–Crippen LogP) is 4.65. The van der Waals surface area contributed by atoms with Crippen LogP contribution in [0.15, 0.2) is 57.8 Å². The Hall–Kier alpha value is -3.01. The molecule has 0 atom stereocenters. The van der Waals surface area contributed by atoms with E-state index in [9.17, 15) is 4.79 Å². The smallest absolute Gasteiger partial charge is 0.193 e. The van der Waals surface area contributed by atoms with Gasteiger partial charge in [0, 0.05) is 11.6 Å². The molecule has 2 aromatic carbocycles. The van der Waals surface area contributed by atoms with Gasteiger partial charge in [-0.05, 0) is 62.4 Å². The first kappa shape index (κ1) is 15.5. The van der Waals surface area contributed by atoms with Crippen LogP contribution in [0.25, 0.3) is 28.4 Å². The molecular formula is C21H18O4. The molecule has 1 aromatic heterocycles. The third-order valence-electron chi connectivity index (χ3n) is 4.29. The van der Waals surface area contributed by atoms with Crippen LogP contribution in [0.1, 0.15) is 19.4 Å². The molecule has 0 amide bonds. The second-order valence-electron chi connectivity index (χ2n) is 6.60. The molecule has 1 aliphatic rings. The van der Waals surface area contributed by atoms with E-state index in [1.54, 1.807) is 13.2 Å². The molecule has 126 valence electrons. The van der Waals surface area contributed by atoms with E-state index in [-0.39, 0.29) is 11.0 Å². The van der Waals surface area contributed by atoms with Gasteiger partial charge in [0.15, 0.2) is 5.43 Å². The van der Waals surface area contributed by atoms with Crippen molar-refractivity contribution in [2.24, 2.45) is 0 Å². The molecule has 0 saturated heterocycles. The Kier molecular flexibility index (Phi) is 3.42. The maximum Gasteiger partial charge on any atom is 0.193 e. The molecule has 25 heavy (non-hydrogen) atoms. The first-order chi connectivity index (χ1) is 12.0. The van der Waals surface area contributed by atoms with Gasteiger partial charge in [-0.1, -0.05) is 0 Å². The Morgan fingerprint density at radius 2 is 1.80 bits per heavy atom. The highest BCUT2D eigenvalue weighted by atomic mass is 16.5. The van der Waals surface area contributed by atoms with Crippen molar-refractivity contribution < 1.29 is 13.9 Å². The number of benzene rings is 2. The first-order valence-corrected chi connectivity index (χ1v) is 8.10. The zero-order chi connectivity index (χ0) is 17.6. The molecule has 0 N–H and O–H groups in total. The second-order valence-corrected chi connectivity index (χ2v) is 6.60. The Morgan fingerprint density at radius 1 is 1.04 bits per heavy atom. The van der Waals surface area contributed by atoms with Crippen LogP contribution in [-0.2, 0) is 0 Å². The van der Waals surface area contributed by atoms with E-state index in [0.717, 1.165) is 22.6 Å². The van der Waals surface area contributed by atoms with Crippen LogP contribution >= 0.6 is 0 Å². The van der Waals surface area contributed by atoms with Gasteiger partial charge < -0.3 is 13.9 Å². The van der Waals surface area contributed by atoms with Crippen LogP contribution in [0, 0.1) is 0 Å². The summed E-state index contributed by atoms with van der Waals surface area (Å²) in [5.41, 5.74) is 1.70. The summed E-state index contributed by atoms with van der Waals surface area (Å²) < 4.78 is 17.2. The van der Waals surface area contributed by atoms with Gasteiger partial charge in [0.1, 0.15) is 28.4 Å². The van der Waals surface area contributed by atoms with Crippen molar-refractivity contribution in [2.75, 3.05) is 7.11 Å². The quantitative estimate of drug-likeness (QED) is 0.684. The van der Waals surface area contributed by atoms with Crippen molar-refractivity contribution in [1.29, 1.82) is 0 Å². The van der Waals surface area contributed by atoms with Crippen molar-refractivity contribution in [3.8, 4) is 22.8 Å². The van der Waals surface area contributed by atoms with Crippen LogP contribution in [0.2, 0.25) is 0 Å². The van der Waals surface area contributed by atoms with Crippen LogP contribution in [0.4, 0.5) is 0 Å². The lowest BCUT2D eigenvalue weighted by Crippen LogP contribution is -2.27. The van der Waals surface area contributed by atoms with Gasteiger partial charge in [0.2, 0.25) is 0 Å². The second kappa shape index (κ2) is 5.52. The largest absolute Gasteiger partial charge is 0.497 e. The SMILES string of the molecule is COc1ccc(-c2cc(=O)c3ccc4c(c3o2)C=CC(C)(C)O4)cc1. The Balaban J connectivity index is 1.92. The van der Waals surface area contributed by atoms with E-state index in [1.807, 2.05) is 56.3 Å². The lowest BCUT2D eigenvalue weighted by molar-refractivity contribution is 0.159. The third kappa shape index (κ3) is 2.70. The highest BCUT2D eigenvalue weighted by molar-refractivity contribution is 5.90. The minimum absolute atomic E-state index is 0.0758. The monoisotopic (exact) mass is 334 g/mol. The van der Waals surface area contributed by atoms with Gasteiger partial charge in [-0.25, -0.2) is 0 Å². The minimum Gasteiger partial charge on any atom is -0.497 e. The van der Waals surface area contributed by atoms with Crippen LogP contribution in [0.5, 0.6) is 11.5 Å². The van der Waals surface area contributed by atoms with Gasteiger partial charge in [-0.3, -0.25) is 4.79 Å². The first-order valence-electron chi connectivity index (χ1n) is 8.10. The number of hydrogen-bond acceptors (Lipinski definition) is 4. The van der Waals surface area contributed by atoms with E-state index in [1.165, 1.54) is 6.07 Å². The van der Waals surface area contributed by atoms with Crippen LogP contribution in [-0.4, -0.2) is 12.7 Å². The van der Waals surface area contributed by atoms with Crippen LogP contribution in [0.3, 0.4) is 0 Å². The summed E-state index contributed by atoms with van der Waals surface area (Å²) in [5, 5.41) is 0.545. The number of ether oxygens (including phenoxy) is 2. The van der Waals surface area contributed by atoms with Gasteiger partial charge in [-0.2, -0.15) is 0 Å². The fourth-order valence-corrected chi connectivity index (χ4v) is 2.97. The Morgan fingerprint density at radius 3 is 2.52 bits per heavy atom. The lowest BCUT2D eigenvalue weighted by Gasteiger charge is -2.28. The molecule has 1 aliphatic heterocycles. The van der Waals surface area contributed by atoms with E-state index < -0.39 is 0 Å². The summed E-state index contributed by atoms with van der Waals surface area (Å²) in [7, 11) is 1.62. The normalized spacial score (nSPS) is 14.8. The zero-order valence-corrected chi connectivity index (χ0v) is 14.3. The van der Waals surface area contributed by atoms with Crippen molar-refractivity contribution in [3.05, 3.63) is 64.3 Å². The topological polar surface area (TPSA) is 48.7 Å². The third-order valence-corrected chi connectivity index (χ3v) is 4.29. The number of rotatable bonds is 2. The fraction of sp³-hybridized carbons (Fsp3) is 0.190. The molecule has 4 nitrogen and oxygen atoms in total. The van der Waals surface area contributed by atoms with Crippen molar-refractivity contribution in [1.82, 2.24) is 0 Å². The fourth-order valence-electron chi connectivity index (χ4n) is 2.97. The molecule has 4 rings (SSSR count). The molecule has 0 saturated carbocycles. The maximum absolute atomic E-state index is 12.6. The van der Waals surface area contributed by atoms with E-state index >= 15 is 0 Å². The van der Waals surface area contributed by atoms with Crippen molar-refractivity contribution in [3.63, 3.8) is 0 Å². The zero-order valence-electron chi connectivity index (χ0n) is 14.3. The Bertz CT molecular complexity index is 1040. The highest BCUT2D eigenvalue weighted by Crippen LogP contribution is 2.36. The Labute approximate surface area is 145 Å². The van der Waals surface area contributed by atoms with Gasteiger partial charge >= 0.3 is 0 Å². The number of methoxy groups -OCH3 is 1. The van der Waals surface area contributed by atoms with Gasteiger partial charge in [-0.15, -0.1) is 0 Å². The minimum atomic E-state index is -0.380. The van der Waals surface area contributed by atoms with E-state index in [0.29, 0.717) is 16.7 Å². The molecular weight excluding hydrogens is 316 g/mol. The molecule has 0 unspecified atom stereocenters. The van der Waals surface area contributed by atoms with Crippen molar-refractivity contribution in [2.45, 2.75) is 19.4 Å². The lowest BCUT2D eigenvalue weighted by atomic mass is 10.0. The molecule has 2 heterocycles. The number of fused-ring (bicyclic) bond motifs is 3. The van der Waals surface area contributed by atoms with E-state index in [2.05, 4.69) is 0 Å². The summed E-state index contributed by atoms with van der Waals surface area (Å²) in [5.74, 6) is 1.99. The van der Waals surface area contributed by atoms with Gasteiger partial charge in [0.25, 0.3) is 0 Å². The molecule has 0 aliphatic carbocycles. The van der Waals surface area contributed by atoms with Crippen LogP contribution < -0.4 is 14.9 Å². The molecule has 0 fully saturated rings. The molecule has 3 aromatic rings. The molecule has 0 radical (unpaired) electrons. The maximum atomic E-state index is 12.6. The summed E-state index contributed by atoms with van der Waals surface area (Å²) in [6, 6.07) is 12.5. The average molecular weight is 334 g/mol. The number of hydrogen-bond donors (Lipinski definition) is 0. The summed E-state index contributed by atoms with van der Waals surface area (Å²) in [6.07, 6.45) is 3.93. The summed E-state index contributed by atoms with van der Waals surface area (Å²) >= 11 is 0. The predicted molar refractivity (Wildman–Crippen MR) is 98.2 cm³/mol. The average Bonchev–Trinajstić information content (AvgIpc) is 2.60. The molecule has 4 heteroatoms. The highest BCUT2D eigenvalue weighted by Gasteiger charge is 2.24. The molecule has 0 bridgehead atoms. The summed E-state index contributed by atoms with van der Waals surface area (Å²) in [4.78, 5) is 12.6. The summed E-state index contributed by atoms with van der Waals surface area (Å²) in [6.45, 7) is 3.97.